The summed E-state index contributed by atoms with van der Waals surface area (Å²) in [5.41, 5.74) is 2.16. The van der Waals surface area contributed by atoms with Crippen LogP contribution in [0.25, 0.3) is 0 Å². The predicted octanol–water partition coefficient (Wildman–Crippen LogP) is 1.82. The van der Waals surface area contributed by atoms with Crippen molar-refractivity contribution in [3.63, 3.8) is 0 Å². The Labute approximate surface area is 155 Å². The zero-order valence-corrected chi connectivity index (χ0v) is 15.8. The Bertz CT molecular complexity index is 588. The molecule has 1 aliphatic rings. The summed E-state index contributed by atoms with van der Waals surface area (Å²) in [6.45, 7) is 5.56. The Morgan fingerprint density at radius 3 is 2.54 bits per heavy atom. The molecule has 0 saturated carbocycles. The van der Waals surface area contributed by atoms with Crippen molar-refractivity contribution in [3.8, 4) is 0 Å². The molecule has 1 heterocycles. The lowest BCUT2D eigenvalue weighted by Gasteiger charge is -2.20. The molecule has 6 heteroatoms. The van der Waals surface area contributed by atoms with Gasteiger partial charge in [0.05, 0.1) is 0 Å². The first-order valence-corrected chi connectivity index (χ1v) is 9.38. The van der Waals surface area contributed by atoms with Crippen molar-refractivity contribution in [3.05, 3.63) is 35.4 Å². The Hall–Kier alpha value is -1.92. The zero-order chi connectivity index (χ0) is 18.9. The maximum absolute atomic E-state index is 12.1. The van der Waals surface area contributed by atoms with E-state index >= 15 is 0 Å². The van der Waals surface area contributed by atoms with Gasteiger partial charge in [-0.1, -0.05) is 24.3 Å². The highest BCUT2D eigenvalue weighted by atomic mass is 16.5. The minimum atomic E-state index is -0.927. The molecule has 0 spiro atoms. The van der Waals surface area contributed by atoms with Crippen LogP contribution in [0.15, 0.2) is 24.3 Å². The highest BCUT2D eigenvalue weighted by Crippen LogP contribution is 2.12. The second kappa shape index (κ2) is 10.3. The average molecular weight is 362 g/mol. The number of benzene rings is 1. The first kappa shape index (κ1) is 20.4. The fourth-order valence-electron chi connectivity index (χ4n) is 3.16. The largest absolute Gasteiger partial charge is 0.479 e. The monoisotopic (exact) mass is 362 g/mol. The van der Waals surface area contributed by atoms with Crippen LogP contribution in [0.3, 0.4) is 0 Å². The molecule has 1 unspecified atom stereocenters. The van der Waals surface area contributed by atoms with Crippen LogP contribution in [0.1, 0.15) is 30.9 Å². The molecule has 1 fully saturated rings. The summed E-state index contributed by atoms with van der Waals surface area (Å²) >= 11 is 0. The summed E-state index contributed by atoms with van der Waals surface area (Å²) in [6, 6.07) is 8.02. The number of likely N-dealkylation sites (N-methyl/N-ethyl adjacent to an activating group) is 1. The van der Waals surface area contributed by atoms with Crippen molar-refractivity contribution in [1.29, 1.82) is 0 Å². The maximum Gasteiger partial charge on any atom is 0.333 e. The lowest BCUT2D eigenvalue weighted by atomic mass is 10.0. The SMILES string of the molecule is CCOC(Cc1ccc(CCCN2CCN(C)CCC2=O)cc1)C(=O)O. The number of carboxylic acids is 1. The van der Waals surface area contributed by atoms with E-state index < -0.39 is 12.1 Å². The van der Waals surface area contributed by atoms with E-state index in [4.69, 9.17) is 9.84 Å². The van der Waals surface area contributed by atoms with E-state index in [0.717, 1.165) is 44.6 Å². The number of rotatable bonds is 9. The molecule has 1 amide bonds. The summed E-state index contributed by atoms with van der Waals surface area (Å²) in [6.07, 6.45) is 2.03. The van der Waals surface area contributed by atoms with Crippen LogP contribution in [-0.2, 0) is 27.2 Å². The standard InChI is InChI=1S/C20H30N2O4/c1-3-26-18(20(24)25)15-17-8-6-16(7-9-17)5-4-11-22-14-13-21(2)12-10-19(22)23/h6-9,18H,3-5,10-15H2,1-2H3,(H,24,25). The fourth-order valence-corrected chi connectivity index (χ4v) is 3.16. The van der Waals surface area contributed by atoms with Gasteiger partial charge in [0.25, 0.3) is 0 Å². The van der Waals surface area contributed by atoms with Gasteiger partial charge in [0.15, 0.2) is 6.10 Å². The lowest BCUT2D eigenvalue weighted by molar-refractivity contribution is -0.150. The van der Waals surface area contributed by atoms with Crippen LogP contribution in [0, 0.1) is 0 Å². The molecule has 1 aliphatic heterocycles. The number of amides is 1. The topological polar surface area (TPSA) is 70.1 Å². The summed E-state index contributed by atoms with van der Waals surface area (Å²) in [4.78, 5) is 27.4. The van der Waals surface area contributed by atoms with E-state index in [1.54, 1.807) is 6.92 Å². The third-order valence-corrected chi connectivity index (χ3v) is 4.79. The molecule has 0 radical (unpaired) electrons. The highest BCUT2D eigenvalue weighted by molar-refractivity contribution is 5.76. The maximum atomic E-state index is 12.1. The number of hydrogen-bond donors (Lipinski definition) is 1. The number of ether oxygens (including phenoxy) is 1. The van der Waals surface area contributed by atoms with Crippen LogP contribution >= 0.6 is 0 Å². The normalized spacial score (nSPS) is 17.2. The van der Waals surface area contributed by atoms with Gasteiger partial charge < -0.3 is 19.6 Å². The van der Waals surface area contributed by atoms with Crippen molar-refractivity contribution in [1.82, 2.24) is 9.80 Å². The molecule has 0 aromatic heterocycles. The summed E-state index contributed by atoms with van der Waals surface area (Å²) in [5.74, 6) is -0.677. The van der Waals surface area contributed by atoms with E-state index in [2.05, 4.69) is 11.9 Å². The molecule has 1 aromatic rings. The van der Waals surface area contributed by atoms with Gasteiger partial charge in [-0.05, 0) is 37.9 Å². The molecule has 1 atom stereocenters. The van der Waals surface area contributed by atoms with Crippen molar-refractivity contribution in [2.45, 2.75) is 38.7 Å². The number of carbonyl (C=O) groups is 2. The molecule has 6 nitrogen and oxygen atoms in total. The number of aliphatic carboxylic acids is 1. The molecule has 1 N–H and O–H groups in total. The van der Waals surface area contributed by atoms with Gasteiger partial charge in [0.1, 0.15) is 0 Å². The van der Waals surface area contributed by atoms with Gasteiger partial charge in [-0.3, -0.25) is 4.79 Å². The van der Waals surface area contributed by atoms with Gasteiger partial charge in [0.2, 0.25) is 5.91 Å². The van der Waals surface area contributed by atoms with Crippen molar-refractivity contribution < 1.29 is 19.4 Å². The molecular formula is C20H30N2O4. The smallest absolute Gasteiger partial charge is 0.333 e. The molecule has 0 bridgehead atoms. The zero-order valence-electron chi connectivity index (χ0n) is 15.8. The number of carbonyl (C=O) groups excluding carboxylic acids is 1. The number of hydrogen-bond acceptors (Lipinski definition) is 4. The summed E-state index contributed by atoms with van der Waals surface area (Å²) in [5, 5.41) is 9.16. The van der Waals surface area contributed by atoms with Gasteiger partial charge in [-0.2, -0.15) is 0 Å². The van der Waals surface area contributed by atoms with Gasteiger partial charge >= 0.3 is 5.97 Å². The fraction of sp³-hybridized carbons (Fsp3) is 0.600. The third kappa shape index (κ3) is 6.42. The van der Waals surface area contributed by atoms with Gasteiger partial charge in [0, 0.05) is 45.6 Å². The van der Waals surface area contributed by atoms with E-state index in [1.807, 2.05) is 29.2 Å². The first-order chi connectivity index (χ1) is 12.5. The van der Waals surface area contributed by atoms with E-state index in [1.165, 1.54) is 5.56 Å². The molecule has 144 valence electrons. The Morgan fingerprint density at radius 2 is 1.88 bits per heavy atom. The molecule has 1 saturated heterocycles. The average Bonchev–Trinajstić information content (AvgIpc) is 2.78. The van der Waals surface area contributed by atoms with E-state index in [9.17, 15) is 9.59 Å². The predicted molar refractivity (Wildman–Crippen MR) is 100 cm³/mol. The molecule has 1 aromatic carbocycles. The Balaban J connectivity index is 1.80. The second-order valence-electron chi connectivity index (χ2n) is 6.84. The molecular weight excluding hydrogens is 332 g/mol. The number of nitrogens with zero attached hydrogens (tertiary/aromatic N) is 2. The van der Waals surface area contributed by atoms with E-state index in [-0.39, 0.29) is 5.91 Å². The third-order valence-electron chi connectivity index (χ3n) is 4.79. The first-order valence-electron chi connectivity index (χ1n) is 9.38. The Kier molecular flexibility index (Phi) is 8.06. The van der Waals surface area contributed by atoms with Crippen molar-refractivity contribution in [2.24, 2.45) is 0 Å². The number of carboxylic acid groups (broad SMARTS) is 1. The van der Waals surface area contributed by atoms with Gasteiger partial charge in [-0.15, -0.1) is 0 Å². The molecule has 26 heavy (non-hydrogen) atoms. The minimum Gasteiger partial charge on any atom is -0.479 e. The lowest BCUT2D eigenvalue weighted by Crippen LogP contribution is -2.33. The van der Waals surface area contributed by atoms with Crippen molar-refractivity contribution >= 4 is 11.9 Å². The van der Waals surface area contributed by atoms with Crippen LogP contribution < -0.4 is 0 Å². The van der Waals surface area contributed by atoms with Crippen LogP contribution in [-0.4, -0.2) is 72.7 Å². The highest BCUT2D eigenvalue weighted by Gasteiger charge is 2.19. The summed E-state index contributed by atoms with van der Waals surface area (Å²) < 4.78 is 5.26. The van der Waals surface area contributed by atoms with Crippen LogP contribution in [0.4, 0.5) is 0 Å². The van der Waals surface area contributed by atoms with Crippen LogP contribution in [0.5, 0.6) is 0 Å². The van der Waals surface area contributed by atoms with E-state index in [0.29, 0.717) is 19.4 Å². The van der Waals surface area contributed by atoms with Crippen LogP contribution in [0.2, 0.25) is 0 Å². The van der Waals surface area contributed by atoms with Crippen molar-refractivity contribution in [2.75, 3.05) is 39.8 Å². The Morgan fingerprint density at radius 1 is 1.19 bits per heavy atom. The van der Waals surface area contributed by atoms with Gasteiger partial charge in [-0.25, -0.2) is 4.79 Å². The number of aryl methyl sites for hydroxylation is 1. The molecule has 0 aliphatic carbocycles. The second-order valence-corrected chi connectivity index (χ2v) is 6.84. The quantitative estimate of drug-likeness (QED) is 0.726. The molecule has 2 rings (SSSR count). The summed E-state index contributed by atoms with van der Waals surface area (Å²) in [7, 11) is 2.05. The minimum absolute atomic E-state index is 0.250.